The first kappa shape index (κ1) is 34.7. The number of hydrogen-bond donors (Lipinski definition) is 2. The number of nitrogens with two attached hydrogens (primary N) is 1. The van der Waals surface area contributed by atoms with Crippen molar-refractivity contribution in [1.29, 1.82) is 0 Å². The number of pyridine rings is 1. The van der Waals surface area contributed by atoms with E-state index >= 15 is 0 Å². The van der Waals surface area contributed by atoms with Crippen molar-refractivity contribution in [3.8, 4) is 5.75 Å². The predicted octanol–water partition coefficient (Wildman–Crippen LogP) is 7.25. The van der Waals surface area contributed by atoms with Crippen molar-refractivity contribution in [2.24, 2.45) is 5.92 Å². The molecule has 2 aromatic carbocycles. The Morgan fingerprint density at radius 3 is 2.36 bits per heavy atom. The predicted molar refractivity (Wildman–Crippen MR) is 177 cm³/mol. The van der Waals surface area contributed by atoms with E-state index in [0.29, 0.717) is 28.5 Å². The number of esters is 1. The number of anilines is 1. The van der Waals surface area contributed by atoms with Crippen molar-refractivity contribution in [2.45, 2.75) is 79.2 Å². The number of halogens is 1. The number of hydrogen-bond acceptors (Lipinski definition) is 9. The Morgan fingerprint density at radius 2 is 1.73 bits per heavy atom. The molecule has 2 aromatic heterocycles. The minimum atomic E-state index is -4.23. The van der Waals surface area contributed by atoms with E-state index in [9.17, 15) is 9.36 Å². The molecule has 3 N–H and O–H groups in total. The number of benzene rings is 2. The van der Waals surface area contributed by atoms with Crippen LogP contribution in [0.25, 0.3) is 21.9 Å². The van der Waals surface area contributed by atoms with Crippen LogP contribution in [0.5, 0.6) is 5.75 Å². The van der Waals surface area contributed by atoms with Gasteiger partial charge in [0.15, 0.2) is 5.82 Å². The maximum atomic E-state index is 14.6. The summed E-state index contributed by atoms with van der Waals surface area (Å²) < 4.78 is 40.2. The number of nitrogens with one attached hydrogen (secondary N) is 1. The van der Waals surface area contributed by atoms with Gasteiger partial charge in [0.1, 0.15) is 35.3 Å². The summed E-state index contributed by atoms with van der Waals surface area (Å²) >= 11 is 6.08. The lowest BCUT2D eigenvalue weighted by atomic mass is 10.1. The minimum Gasteiger partial charge on any atom is -0.459 e. The second-order valence-corrected chi connectivity index (χ2v) is 14.9. The van der Waals surface area contributed by atoms with Crippen LogP contribution in [0.15, 0.2) is 48.5 Å². The number of nitrogen functional groups attached to an aromatic ring is 1. The first-order valence-electron chi connectivity index (χ1n) is 14.9. The second-order valence-electron chi connectivity index (χ2n) is 12.7. The van der Waals surface area contributed by atoms with Crippen LogP contribution in [0.1, 0.15) is 61.2 Å². The lowest BCUT2D eigenvalue weighted by molar-refractivity contribution is -0.158. The third-order valence-electron chi connectivity index (χ3n) is 6.88. The highest BCUT2D eigenvalue weighted by atomic mass is 35.5. The molecule has 2 heterocycles. The summed E-state index contributed by atoms with van der Waals surface area (Å²) in [5, 5.41) is 4.21. The molecule has 0 unspecified atom stereocenters. The van der Waals surface area contributed by atoms with E-state index in [1.54, 1.807) is 45.0 Å². The average Bonchev–Trinajstić information content (AvgIpc) is 3.36. The maximum absolute atomic E-state index is 14.6. The molecule has 2 atom stereocenters. The summed E-state index contributed by atoms with van der Waals surface area (Å²) in [7, 11) is -4.23. The van der Waals surface area contributed by atoms with Gasteiger partial charge in [-0.1, -0.05) is 43.6 Å². The van der Waals surface area contributed by atoms with Gasteiger partial charge in [0.2, 0.25) is 0 Å². The van der Waals surface area contributed by atoms with Crippen molar-refractivity contribution in [1.82, 2.24) is 19.6 Å². The monoisotopic (exact) mass is 659 g/mol. The molecule has 0 spiro atoms. The van der Waals surface area contributed by atoms with Crippen LogP contribution < -0.4 is 15.3 Å². The van der Waals surface area contributed by atoms with E-state index in [1.165, 1.54) is 0 Å². The first-order valence-corrected chi connectivity index (χ1v) is 16.8. The number of imidazole rings is 1. The average molecular weight is 660 g/mol. The van der Waals surface area contributed by atoms with Gasteiger partial charge < -0.3 is 24.3 Å². The highest BCUT2D eigenvalue weighted by Crippen LogP contribution is 2.47. The lowest BCUT2D eigenvalue weighted by Crippen LogP contribution is -2.44. The molecule has 0 saturated heterocycles. The summed E-state index contributed by atoms with van der Waals surface area (Å²) in [4.78, 5) is 22.6. The molecule has 0 fully saturated rings. The molecule has 11 nitrogen and oxygen atoms in total. The molecule has 0 radical (unpaired) electrons. The maximum Gasteiger partial charge on any atom is 0.459 e. The van der Waals surface area contributed by atoms with Gasteiger partial charge in [0, 0.05) is 17.0 Å². The van der Waals surface area contributed by atoms with Gasteiger partial charge in [0.25, 0.3) is 0 Å². The molecule has 0 aliphatic heterocycles. The molecule has 244 valence electrons. The molecule has 0 amide bonds. The van der Waals surface area contributed by atoms with Crippen molar-refractivity contribution in [3.63, 3.8) is 0 Å². The number of aromatic nitrogens is 3. The van der Waals surface area contributed by atoms with E-state index < -0.39 is 30.9 Å². The second kappa shape index (κ2) is 13.6. The Balaban J connectivity index is 1.77. The van der Waals surface area contributed by atoms with Crippen LogP contribution in [0.4, 0.5) is 5.82 Å². The Labute approximate surface area is 269 Å². The third kappa shape index (κ3) is 8.34. The zero-order valence-electron chi connectivity index (χ0n) is 27.1. The Morgan fingerprint density at radius 1 is 1.07 bits per heavy atom. The van der Waals surface area contributed by atoms with Crippen molar-refractivity contribution >= 4 is 53.1 Å². The molecular formula is C32H43ClN5O6P. The fourth-order valence-electron chi connectivity index (χ4n) is 4.83. The fraction of sp³-hybridized carbons (Fsp3) is 0.469. The summed E-state index contributed by atoms with van der Waals surface area (Å²) in [5.41, 5.74) is 6.73. The van der Waals surface area contributed by atoms with E-state index in [2.05, 4.69) is 10.1 Å². The zero-order chi connectivity index (χ0) is 33.2. The van der Waals surface area contributed by atoms with Crippen LogP contribution in [-0.4, -0.2) is 45.4 Å². The molecule has 4 rings (SSSR count). The highest BCUT2D eigenvalue weighted by molar-refractivity contribution is 7.52. The van der Waals surface area contributed by atoms with Gasteiger partial charge in [-0.3, -0.25) is 9.32 Å². The smallest absolute Gasteiger partial charge is 0.459 e. The van der Waals surface area contributed by atoms with Gasteiger partial charge in [-0.05, 0) is 77.8 Å². The first-order chi connectivity index (χ1) is 21.0. The van der Waals surface area contributed by atoms with Gasteiger partial charge in [-0.15, -0.1) is 0 Å². The quantitative estimate of drug-likeness (QED) is 0.111. The minimum absolute atomic E-state index is 0.120. The standard InChI is InChI=1S/C32H43ClN5O6P/c1-9-41-18-25-36-27-28(23-12-10-11-13-24(23)35-29(27)34)38(25)32(7,8)19-42-45(40,44-22-16-14-21(33)15-17-22)37-26(20(2)3)30(39)43-31(4,5)6/h10-17,20,26H,9,18-19H2,1-8H3,(H2,34,35)(H,37,40)/t26-,45-/m0/s1. The van der Waals surface area contributed by atoms with Crippen LogP contribution in [0.3, 0.4) is 0 Å². The van der Waals surface area contributed by atoms with E-state index in [1.807, 2.05) is 63.5 Å². The van der Waals surface area contributed by atoms with Gasteiger partial charge >= 0.3 is 13.7 Å². The van der Waals surface area contributed by atoms with Crippen LogP contribution in [0, 0.1) is 5.92 Å². The molecule has 4 aromatic rings. The lowest BCUT2D eigenvalue weighted by Gasteiger charge is -2.33. The summed E-state index contributed by atoms with van der Waals surface area (Å²) in [5.74, 6) is 0.243. The summed E-state index contributed by atoms with van der Waals surface area (Å²) in [6.07, 6.45) is 0. The van der Waals surface area contributed by atoms with Crippen LogP contribution in [-0.2, 0) is 35.5 Å². The summed E-state index contributed by atoms with van der Waals surface area (Å²) in [6, 6.07) is 13.0. The zero-order valence-corrected chi connectivity index (χ0v) is 28.7. The number of carbonyl (C=O) groups is 1. The van der Waals surface area contributed by atoms with Gasteiger partial charge in [-0.2, -0.15) is 5.09 Å². The topological polar surface area (TPSA) is 140 Å². The number of nitrogens with zero attached hydrogens (tertiary/aromatic N) is 3. The molecule has 0 aliphatic rings. The third-order valence-corrected chi connectivity index (χ3v) is 8.65. The number of para-hydroxylation sites is 1. The van der Waals surface area contributed by atoms with Crippen molar-refractivity contribution in [2.75, 3.05) is 18.9 Å². The van der Waals surface area contributed by atoms with E-state index in [4.69, 9.17) is 40.8 Å². The Hall–Kier alpha value is -3.21. The van der Waals surface area contributed by atoms with E-state index in [0.717, 1.165) is 10.9 Å². The molecule has 0 bridgehead atoms. The Bertz CT molecular complexity index is 1700. The number of fused-ring (bicyclic) bond motifs is 3. The number of ether oxygens (including phenoxy) is 2. The molecule has 0 saturated carbocycles. The SMILES string of the molecule is CCOCc1nc2c(N)nc3ccccc3c2n1C(C)(C)CO[P@@](=O)(N[C@H](C(=O)OC(C)(C)C)C(C)C)Oc1ccc(Cl)cc1. The number of carbonyl (C=O) groups excluding carboxylic acids is 1. The van der Waals surface area contributed by atoms with Gasteiger partial charge in [0.05, 0.1) is 23.2 Å². The summed E-state index contributed by atoms with van der Waals surface area (Å²) in [6.45, 7) is 15.3. The van der Waals surface area contributed by atoms with Gasteiger partial charge in [-0.25, -0.2) is 14.5 Å². The normalized spacial score (nSPS) is 14.5. The molecule has 0 aliphatic carbocycles. The highest BCUT2D eigenvalue weighted by Gasteiger charge is 2.40. The largest absolute Gasteiger partial charge is 0.459 e. The Kier molecular flexibility index (Phi) is 10.5. The van der Waals surface area contributed by atoms with Crippen LogP contribution in [0.2, 0.25) is 5.02 Å². The molecule has 13 heteroatoms. The van der Waals surface area contributed by atoms with Crippen molar-refractivity contribution in [3.05, 3.63) is 59.4 Å². The molecular weight excluding hydrogens is 617 g/mol. The fourth-order valence-corrected chi connectivity index (χ4v) is 6.77. The van der Waals surface area contributed by atoms with Crippen LogP contribution >= 0.6 is 19.3 Å². The number of rotatable bonds is 13. The molecule has 45 heavy (non-hydrogen) atoms. The van der Waals surface area contributed by atoms with Crippen molar-refractivity contribution < 1.29 is 27.9 Å². The van der Waals surface area contributed by atoms with E-state index in [-0.39, 0.29) is 30.7 Å².